The molecule has 0 spiro atoms. The van der Waals surface area contributed by atoms with Crippen molar-refractivity contribution in [1.29, 1.82) is 0 Å². The SMILES string of the molecule is CO[Si](CCCNC(C)O)(OC)OCC(C)O. The highest BCUT2D eigenvalue weighted by molar-refractivity contribution is 6.60. The third-order valence-corrected chi connectivity index (χ3v) is 5.08. The quantitative estimate of drug-likeness (QED) is 0.292. The Bertz CT molecular complexity index is 188. The summed E-state index contributed by atoms with van der Waals surface area (Å²) in [7, 11) is 0.451. The monoisotopic (exact) mass is 267 g/mol. The maximum atomic E-state index is 9.19. The molecule has 0 aromatic rings. The molecule has 0 saturated carbocycles. The standard InChI is InChI=1S/C10H25NO5Si/c1-9(12)8-16-17(14-3,15-4)7-5-6-11-10(2)13/h9-13H,5-8H2,1-4H3. The van der Waals surface area contributed by atoms with Crippen LogP contribution in [0.1, 0.15) is 20.3 Å². The third kappa shape index (κ3) is 7.82. The number of nitrogens with one attached hydrogen (secondary N) is 1. The van der Waals surface area contributed by atoms with E-state index in [9.17, 15) is 5.11 Å². The van der Waals surface area contributed by atoms with Crippen molar-refractivity contribution in [3.63, 3.8) is 0 Å². The lowest BCUT2D eigenvalue weighted by molar-refractivity contribution is 0.0484. The van der Waals surface area contributed by atoms with Crippen LogP contribution in [-0.2, 0) is 13.3 Å². The Morgan fingerprint density at radius 3 is 2.18 bits per heavy atom. The number of aliphatic hydroxyl groups excluding tert-OH is 2. The van der Waals surface area contributed by atoms with Gasteiger partial charge in [0, 0.05) is 20.3 Å². The molecule has 0 aliphatic carbocycles. The minimum absolute atomic E-state index is 0.206. The van der Waals surface area contributed by atoms with Crippen LogP contribution < -0.4 is 5.32 Å². The lowest BCUT2D eigenvalue weighted by Gasteiger charge is -2.27. The summed E-state index contributed by atoms with van der Waals surface area (Å²) in [4.78, 5) is 0. The van der Waals surface area contributed by atoms with E-state index in [0.29, 0.717) is 12.6 Å². The Labute approximate surface area is 104 Å². The van der Waals surface area contributed by atoms with Crippen molar-refractivity contribution in [2.75, 3.05) is 27.4 Å². The molecule has 0 bridgehead atoms. The first-order chi connectivity index (χ1) is 7.95. The molecule has 0 fully saturated rings. The molecule has 2 unspecified atom stereocenters. The Balaban J connectivity index is 4.02. The van der Waals surface area contributed by atoms with Crippen LogP contribution in [0, 0.1) is 0 Å². The highest BCUT2D eigenvalue weighted by Gasteiger charge is 2.38. The van der Waals surface area contributed by atoms with Gasteiger partial charge in [-0.15, -0.1) is 0 Å². The molecule has 0 radical (unpaired) electrons. The van der Waals surface area contributed by atoms with E-state index in [2.05, 4.69) is 5.32 Å². The van der Waals surface area contributed by atoms with Gasteiger partial charge in [-0.3, -0.25) is 5.32 Å². The molecular formula is C10H25NO5Si. The van der Waals surface area contributed by atoms with E-state index in [1.165, 1.54) is 0 Å². The number of rotatable bonds is 10. The number of hydrogen-bond acceptors (Lipinski definition) is 6. The van der Waals surface area contributed by atoms with Crippen LogP contribution in [0.15, 0.2) is 0 Å². The van der Waals surface area contributed by atoms with Crippen LogP contribution in [0.5, 0.6) is 0 Å². The average molecular weight is 267 g/mol. The lowest BCUT2D eigenvalue weighted by atomic mass is 10.4. The van der Waals surface area contributed by atoms with Gasteiger partial charge in [-0.1, -0.05) is 0 Å². The van der Waals surface area contributed by atoms with Crippen molar-refractivity contribution in [1.82, 2.24) is 5.32 Å². The summed E-state index contributed by atoms with van der Waals surface area (Å²) in [6.45, 7) is 4.19. The maximum Gasteiger partial charge on any atom is 0.500 e. The molecule has 2 atom stereocenters. The topological polar surface area (TPSA) is 80.2 Å². The minimum atomic E-state index is -2.66. The van der Waals surface area contributed by atoms with Gasteiger partial charge in [-0.2, -0.15) is 0 Å². The van der Waals surface area contributed by atoms with Crippen LogP contribution in [0.25, 0.3) is 0 Å². The first-order valence-electron chi connectivity index (χ1n) is 5.79. The van der Waals surface area contributed by atoms with Crippen molar-refractivity contribution >= 4 is 8.80 Å². The van der Waals surface area contributed by atoms with Gasteiger partial charge >= 0.3 is 8.80 Å². The van der Waals surface area contributed by atoms with E-state index in [1.807, 2.05) is 0 Å². The van der Waals surface area contributed by atoms with Crippen LogP contribution in [0.3, 0.4) is 0 Å². The second kappa shape index (κ2) is 8.98. The second-order valence-electron chi connectivity index (χ2n) is 3.98. The normalized spacial score (nSPS) is 15.9. The highest BCUT2D eigenvalue weighted by Crippen LogP contribution is 2.16. The van der Waals surface area contributed by atoms with Crippen LogP contribution in [0.2, 0.25) is 6.04 Å². The number of aliphatic hydroxyl groups is 2. The first-order valence-corrected chi connectivity index (χ1v) is 7.72. The van der Waals surface area contributed by atoms with Crippen molar-refractivity contribution in [2.24, 2.45) is 0 Å². The van der Waals surface area contributed by atoms with Gasteiger partial charge < -0.3 is 23.5 Å². The Morgan fingerprint density at radius 1 is 1.18 bits per heavy atom. The van der Waals surface area contributed by atoms with E-state index in [-0.39, 0.29) is 6.61 Å². The van der Waals surface area contributed by atoms with Crippen molar-refractivity contribution in [2.45, 2.75) is 38.6 Å². The second-order valence-corrected chi connectivity index (χ2v) is 6.96. The van der Waals surface area contributed by atoms with E-state index < -0.39 is 21.1 Å². The molecule has 0 aliphatic rings. The van der Waals surface area contributed by atoms with Gasteiger partial charge in [0.25, 0.3) is 0 Å². The lowest BCUT2D eigenvalue weighted by Crippen LogP contribution is -2.45. The molecule has 0 aromatic heterocycles. The minimum Gasteiger partial charge on any atom is -0.391 e. The zero-order valence-corrected chi connectivity index (χ0v) is 12.1. The average Bonchev–Trinajstić information content (AvgIpc) is 2.28. The molecule has 0 amide bonds. The highest BCUT2D eigenvalue weighted by atomic mass is 28.4. The Kier molecular flexibility index (Phi) is 8.97. The predicted octanol–water partition coefficient (Wildman–Crippen LogP) is -0.0665. The zero-order valence-electron chi connectivity index (χ0n) is 11.1. The van der Waals surface area contributed by atoms with Gasteiger partial charge in [0.1, 0.15) is 6.23 Å². The third-order valence-electron chi connectivity index (χ3n) is 2.27. The van der Waals surface area contributed by atoms with Crippen LogP contribution >= 0.6 is 0 Å². The van der Waals surface area contributed by atoms with Crippen molar-refractivity contribution in [3.8, 4) is 0 Å². The fourth-order valence-electron chi connectivity index (χ4n) is 1.34. The van der Waals surface area contributed by atoms with E-state index in [1.54, 1.807) is 28.1 Å². The molecule has 0 saturated heterocycles. The number of hydrogen-bond donors (Lipinski definition) is 3. The van der Waals surface area contributed by atoms with E-state index in [0.717, 1.165) is 6.42 Å². The van der Waals surface area contributed by atoms with Gasteiger partial charge in [0.2, 0.25) is 0 Å². The molecular weight excluding hydrogens is 242 g/mol. The zero-order chi connectivity index (χ0) is 13.3. The smallest absolute Gasteiger partial charge is 0.391 e. The van der Waals surface area contributed by atoms with Crippen LogP contribution in [0.4, 0.5) is 0 Å². The summed E-state index contributed by atoms with van der Waals surface area (Å²) in [6.07, 6.45) is -0.282. The molecule has 0 aliphatic heterocycles. The summed E-state index contributed by atoms with van der Waals surface area (Å²) >= 11 is 0. The molecule has 0 heterocycles. The maximum absolute atomic E-state index is 9.19. The molecule has 0 rings (SSSR count). The molecule has 3 N–H and O–H groups in total. The van der Waals surface area contributed by atoms with Gasteiger partial charge in [0.05, 0.1) is 12.7 Å². The molecule has 104 valence electrons. The molecule has 0 aromatic carbocycles. The first kappa shape index (κ1) is 17.0. The molecule has 7 heteroatoms. The van der Waals surface area contributed by atoms with Crippen LogP contribution in [-0.4, -0.2) is 58.7 Å². The van der Waals surface area contributed by atoms with Crippen molar-refractivity contribution in [3.05, 3.63) is 0 Å². The Hall–Kier alpha value is -0.0231. The summed E-state index contributed by atoms with van der Waals surface area (Å²) in [5.74, 6) is 0. The van der Waals surface area contributed by atoms with E-state index >= 15 is 0 Å². The molecule has 6 nitrogen and oxygen atoms in total. The summed E-state index contributed by atoms with van der Waals surface area (Å²) in [5.41, 5.74) is 0. The van der Waals surface area contributed by atoms with Gasteiger partial charge in [-0.05, 0) is 26.8 Å². The van der Waals surface area contributed by atoms with Gasteiger partial charge in [0.15, 0.2) is 0 Å². The molecule has 17 heavy (non-hydrogen) atoms. The predicted molar refractivity (Wildman–Crippen MR) is 66.5 cm³/mol. The fourth-order valence-corrected chi connectivity index (χ4v) is 3.40. The van der Waals surface area contributed by atoms with Crippen molar-refractivity contribution < 1.29 is 23.5 Å². The van der Waals surface area contributed by atoms with Gasteiger partial charge in [-0.25, -0.2) is 0 Å². The summed E-state index contributed by atoms with van der Waals surface area (Å²) < 4.78 is 16.2. The Morgan fingerprint density at radius 2 is 1.76 bits per heavy atom. The van der Waals surface area contributed by atoms with E-state index in [4.69, 9.17) is 18.4 Å². The fraction of sp³-hybridized carbons (Fsp3) is 1.00. The summed E-state index contributed by atoms with van der Waals surface area (Å²) in [5, 5.41) is 21.1. The summed E-state index contributed by atoms with van der Waals surface area (Å²) in [6, 6.07) is 0.645. The largest absolute Gasteiger partial charge is 0.500 e.